The molecule has 4 heteroatoms. The summed E-state index contributed by atoms with van der Waals surface area (Å²) in [4.78, 5) is 9.82. The first-order valence-electron chi connectivity index (χ1n) is 7.27. The first kappa shape index (κ1) is 14.6. The Labute approximate surface area is 121 Å². The van der Waals surface area contributed by atoms with E-state index in [1.807, 2.05) is 6.92 Å². The second-order valence-electron chi connectivity index (χ2n) is 4.99. The topological polar surface area (TPSA) is 44.0 Å². The third kappa shape index (κ3) is 3.84. The van der Waals surface area contributed by atoms with Crippen LogP contribution in [0.25, 0.3) is 0 Å². The molecule has 4 nitrogen and oxygen atoms in total. The molecule has 0 radical (unpaired) electrons. The maximum Gasteiger partial charge on any atom is 0.0925 e. The molecule has 0 atom stereocenters. The number of nitrogens with zero attached hydrogens (tertiary/aromatic N) is 2. The van der Waals surface area contributed by atoms with Gasteiger partial charge in [-0.05, 0) is 37.7 Å². The van der Waals surface area contributed by atoms with E-state index in [1.54, 1.807) is 6.33 Å². The minimum absolute atomic E-state index is 0.754. The van der Waals surface area contributed by atoms with E-state index < -0.39 is 0 Å². The van der Waals surface area contributed by atoms with Crippen LogP contribution < -0.4 is 5.32 Å². The summed E-state index contributed by atoms with van der Waals surface area (Å²) < 4.78 is 0. The van der Waals surface area contributed by atoms with Crippen LogP contribution >= 0.6 is 0 Å². The van der Waals surface area contributed by atoms with Gasteiger partial charge in [0.05, 0.1) is 18.6 Å². The SMILES string of the molecule is CCN(CC)Cc1cccc(NCc2nc[nH]c2C)c1. The second kappa shape index (κ2) is 7.10. The zero-order valence-electron chi connectivity index (χ0n) is 12.6. The highest BCUT2D eigenvalue weighted by atomic mass is 15.1. The van der Waals surface area contributed by atoms with Crippen molar-refractivity contribution in [1.82, 2.24) is 14.9 Å². The van der Waals surface area contributed by atoms with Crippen LogP contribution in [-0.4, -0.2) is 28.0 Å². The van der Waals surface area contributed by atoms with Gasteiger partial charge in [0.1, 0.15) is 0 Å². The number of imidazole rings is 1. The maximum atomic E-state index is 4.30. The van der Waals surface area contributed by atoms with Crippen LogP contribution in [0.15, 0.2) is 30.6 Å². The fourth-order valence-electron chi connectivity index (χ4n) is 2.24. The fourth-order valence-corrected chi connectivity index (χ4v) is 2.24. The second-order valence-corrected chi connectivity index (χ2v) is 4.99. The molecule has 2 aromatic rings. The van der Waals surface area contributed by atoms with Gasteiger partial charge in [-0.3, -0.25) is 4.90 Å². The number of anilines is 1. The summed E-state index contributed by atoms with van der Waals surface area (Å²) in [7, 11) is 0. The molecule has 0 spiro atoms. The number of H-pyrrole nitrogens is 1. The van der Waals surface area contributed by atoms with Crippen LogP contribution in [0.1, 0.15) is 30.8 Å². The van der Waals surface area contributed by atoms with Crippen LogP contribution in [0, 0.1) is 6.92 Å². The van der Waals surface area contributed by atoms with Gasteiger partial charge in [-0.2, -0.15) is 0 Å². The van der Waals surface area contributed by atoms with Gasteiger partial charge in [-0.1, -0.05) is 26.0 Å². The molecule has 0 saturated heterocycles. The monoisotopic (exact) mass is 272 g/mol. The smallest absolute Gasteiger partial charge is 0.0925 e. The van der Waals surface area contributed by atoms with Crippen LogP contribution in [0.5, 0.6) is 0 Å². The molecule has 0 fully saturated rings. The van der Waals surface area contributed by atoms with Gasteiger partial charge in [0.15, 0.2) is 0 Å². The first-order valence-corrected chi connectivity index (χ1v) is 7.27. The van der Waals surface area contributed by atoms with Crippen molar-refractivity contribution in [3.05, 3.63) is 47.5 Å². The van der Waals surface area contributed by atoms with Gasteiger partial charge in [0.2, 0.25) is 0 Å². The van der Waals surface area contributed by atoms with E-state index in [1.165, 1.54) is 5.56 Å². The number of aromatic nitrogens is 2. The Balaban J connectivity index is 1.97. The Morgan fingerprint density at radius 2 is 2.05 bits per heavy atom. The summed E-state index contributed by atoms with van der Waals surface area (Å²) in [5.74, 6) is 0. The van der Waals surface area contributed by atoms with E-state index in [9.17, 15) is 0 Å². The molecule has 1 aromatic carbocycles. The molecule has 20 heavy (non-hydrogen) atoms. The van der Waals surface area contributed by atoms with Crippen molar-refractivity contribution >= 4 is 5.69 Å². The van der Waals surface area contributed by atoms with Gasteiger partial charge < -0.3 is 10.3 Å². The Hall–Kier alpha value is -1.81. The van der Waals surface area contributed by atoms with Crippen molar-refractivity contribution < 1.29 is 0 Å². The number of aromatic amines is 1. The van der Waals surface area contributed by atoms with Crippen LogP contribution in [-0.2, 0) is 13.1 Å². The molecule has 0 saturated carbocycles. The average Bonchev–Trinajstić information content (AvgIpc) is 2.88. The molecular weight excluding hydrogens is 248 g/mol. The van der Waals surface area contributed by atoms with Crippen molar-refractivity contribution in [1.29, 1.82) is 0 Å². The molecule has 0 aliphatic carbocycles. The Bertz CT molecular complexity index is 529. The summed E-state index contributed by atoms with van der Waals surface area (Å²) in [5.41, 5.74) is 4.69. The third-order valence-corrected chi connectivity index (χ3v) is 3.62. The Kier molecular flexibility index (Phi) is 5.18. The minimum Gasteiger partial charge on any atom is -0.379 e. The molecule has 0 bridgehead atoms. The third-order valence-electron chi connectivity index (χ3n) is 3.62. The van der Waals surface area contributed by atoms with Crippen LogP contribution in [0.2, 0.25) is 0 Å². The quantitative estimate of drug-likeness (QED) is 0.813. The molecule has 0 aliphatic heterocycles. The number of aryl methyl sites for hydroxylation is 1. The van der Waals surface area contributed by atoms with E-state index in [0.717, 1.165) is 43.3 Å². The summed E-state index contributed by atoms with van der Waals surface area (Å²) >= 11 is 0. The number of rotatable bonds is 7. The normalized spacial score (nSPS) is 11.0. The number of nitrogens with one attached hydrogen (secondary N) is 2. The van der Waals surface area contributed by atoms with Crippen molar-refractivity contribution in [2.75, 3.05) is 18.4 Å². The summed E-state index contributed by atoms with van der Waals surface area (Å²) in [5, 5.41) is 3.44. The van der Waals surface area contributed by atoms with Crippen molar-refractivity contribution in [2.24, 2.45) is 0 Å². The molecule has 1 aromatic heterocycles. The van der Waals surface area contributed by atoms with Crippen molar-refractivity contribution in [2.45, 2.75) is 33.9 Å². The minimum atomic E-state index is 0.754. The molecule has 2 rings (SSSR count). The molecule has 108 valence electrons. The average molecular weight is 272 g/mol. The van der Waals surface area contributed by atoms with E-state index in [4.69, 9.17) is 0 Å². The van der Waals surface area contributed by atoms with Gasteiger partial charge >= 0.3 is 0 Å². The predicted molar refractivity (Wildman–Crippen MR) is 83.7 cm³/mol. The number of benzene rings is 1. The molecule has 0 aliphatic rings. The van der Waals surface area contributed by atoms with E-state index >= 15 is 0 Å². The fraction of sp³-hybridized carbons (Fsp3) is 0.438. The van der Waals surface area contributed by atoms with Gasteiger partial charge in [-0.25, -0.2) is 4.98 Å². The predicted octanol–water partition coefficient (Wildman–Crippen LogP) is 3.17. The lowest BCUT2D eigenvalue weighted by Crippen LogP contribution is -2.22. The molecule has 2 N–H and O–H groups in total. The molecule has 0 amide bonds. The summed E-state index contributed by atoms with van der Waals surface area (Å²) in [6, 6.07) is 8.62. The maximum absolute atomic E-state index is 4.30. The van der Waals surface area contributed by atoms with Crippen molar-refractivity contribution in [3.63, 3.8) is 0 Å². The first-order chi connectivity index (χ1) is 9.72. The van der Waals surface area contributed by atoms with Gasteiger partial charge in [0, 0.05) is 17.9 Å². The lowest BCUT2D eigenvalue weighted by Gasteiger charge is -2.18. The van der Waals surface area contributed by atoms with E-state index in [0.29, 0.717) is 0 Å². The molecular formula is C16H24N4. The lowest BCUT2D eigenvalue weighted by atomic mass is 10.2. The number of hydrogen-bond acceptors (Lipinski definition) is 3. The summed E-state index contributed by atoms with van der Waals surface area (Å²) in [6.07, 6.45) is 1.74. The zero-order valence-corrected chi connectivity index (χ0v) is 12.6. The van der Waals surface area contributed by atoms with Gasteiger partial charge in [-0.15, -0.1) is 0 Å². The Morgan fingerprint density at radius 3 is 2.70 bits per heavy atom. The molecule has 0 unspecified atom stereocenters. The van der Waals surface area contributed by atoms with Crippen LogP contribution in [0.4, 0.5) is 5.69 Å². The standard InChI is InChI=1S/C16H24N4/c1-4-20(5-2)11-14-7-6-8-15(9-14)17-10-16-13(3)18-12-19-16/h6-9,12,17H,4-5,10-11H2,1-3H3,(H,18,19). The zero-order chi connectivity index (χ0) is 14.4. The molecule has 1 heterocycles. The Morgan fingerprint density at radius 1 is 1.25 bits per heavy atom. The summed E-state index contributed by atoms with van der Waals surface area (Å²) in [6.45, 7) is 10.4. The van der Waals surface area contributed by atoms with Crippen LogP contribution in [0.3, 0.4) is 0 Å². The lowest BCUT2D eigenvalue weighted by molar-refractivity contribution is 0.296. The largest absolute Gasteiger partial charge is 0.379 e. The van der Waals surface area contributed by atoms with E-state index in [2.05, 4.69) is 58.3 Å². The van der Waals surface area contributed by atoms with Gasteiger partial charge in [0.25, 0.3) is 0 Å². The highest BCUT2D eigenvalue weighted by molar-refractivity contribution is 5.46. The highest BCUT2D eigenvalue weighted by Crippen LogP contribution is 2.14. The number of hydrogen-bond donors (Lipinski definition) is 2. The van der Waals surface area contributed by atoms with Crippen molar-refractivity contribution in [3.8, 4) is 0 Å². The van der Waals surface area contributed by atoms with E-state index in [-0.39, 0.29) is 0 Å². The highest BCUT2D eigenvalue weighted by Gasteiger charge is 2.03.